The van der Waals surface area contributed by atoms with Gasteiger partial charge in [0, 0.05) is 120 Å². The number of nitrogens with one attached hydrogen (secondary N) is 4. The number of aromatic nitrogens is 12. The van der Waals surface area contributed by atoms with Gasteiger partial charge in [0.1, 0.15) is 20.0 Å². The van der Waals surface area contributed by atoms with Crippen molar-refractivity contribution in [1.29, 1.82) is 0 Å². The molecule has 0 spiro atoms. The molecule has 8 heterocycles. The molecule has 0 bridgehead atoms. The summed E-state index contributed by atoms with van der Waals surface area (Å²) in [6.07, 6.45) is 17.1. The fourth-order valence-electron chi connectivity index (χ4n) is 12.7. The third-order valence-electron chi connectivity index (χ3n) is 16.8. The van der Waals surface area contributed by atoms with E-state index in [1.54, 1.807) is 0 Å². The van der Waals surface area contributed by atoms with Gasteiger partial charge in [0.15, 0.2) is 0 Å². The molecule has 8 aromatic heterocycles. The van der Waals surface area contributed by atoms with Gasteiger partial charge in [0.2, 0.25) is 44.2 Å². The fraction of sp³-hybridized carbons (Fsp3) is 0.312. The van der Waals surface area contributed by atoms with Gasteiger partial charge in [-0.1, -0.05) is 131 Å². The van der Waals surface area contributed by atoms with Crippen molar-refractivity contribution in [3.05, 3.63) is 164 Å². The van der Waals surface area contributed by atoms with E-state index in [9.17, 15) is 19.2 Å². The fourth-order valence-corrected chi connectivity index (χ4v) is 16.3. The zero-order valence-electron chi connectivity index (χ0n) is 49.0. The van der Waals surface area contributed by atoms with Gasteiger partial charge in [0.25, 0.3) is 0 Å². The van der Waals surface area contributed by atoms with E-state index in [1.165, 1.54) is 45.3 Å². The van der Waals surface area contributed by atoms with Gasteiger partial charge in [-0.25, -0.2) is 0 Å². The monoisotopic (exact) mass is 1250 g/mol. The highest BCUT2D eigenvalue weighted by Crippen LogP contribution is 2.45. The van der Waals surface area contributed by atoms with Crippen LogP contribution in [0.25, 0.3) is 43.6 Å². The largest absolute Gasteiger partial charge is 0.350 e. The quantitative estimate of drug-likeness (QED) is 0.0706. The number of anilines is 4. The number of hydrogen-bond acceptors (Lipinski definition) is 16. The van der Waals surface area contributed by atoms with Crippen LogP contribution < -0.4 is 21.3 Å². The maximum absolute atomic E-state index is 12.9. The highest BCUT2D eigenvalue weighted by molar-refractivity contribution is 7.16. The molecule has 4 amide bonds. The second-order valence-electron chi connectivity index (χ2n) is 22.9. The van der Waals surface area contributed by atoms with Gasteiger partial charge in [-0.15, -0.1) is 40.8 Å². The molecule has 2 saturated carbocycles. The molecule has 2 aliphatic rings. The highest BCUT2D eigenvalue weighted by atomic mass is 32.1. The first-order valence-corrected chi connectivity index (χ1v) is 32.7. The molecule has 2 fully saturated rings. The Morgan fingerprint density at radius 2 is 0.591 bits per heavy atom. The number of amides is 4. The molecule has 14 rings (SSSR count). The van der Waals surface area contributed by atoms with Gasteiger partial charge in [-0.3, -0.25) is 19.2 Å². The van der Waals surface area contributed by atoms with E-state index < -0.39 is 0 Å². The Kier molecular flexibility index (Phi) is 16.8. The van der Waals surface area contributed by atoms with Crippen LogP contribution in [0.5, 0.6) is 0 Å². The van der Waals surface area contributed by atoms with Crippen molar-refractivity contribution in [3.63, 3.8) is 0 Å². The van der Waals surface area contributed by atoms with Gasteiger partial charge < -0.3 is 39.5 Å². The number of nitrogens with zero attached hydrogens (tertiary/aromatic N) is 12. The van der Waals surface area contributed by atoms with Crippen molar-refractivity contribution in [3.8, 4) is 0 Å². The third-order valence-corrected chi connectivity index (χ3v) is 20.8. The highest BCUT2D eigenvalue weighted by Gasteiger charge is 2.32. The molecule has 88 heavy (non-hydrogen) atoms. The Morgan fingerprint density at radius 3 is 0.830 bits per heavy atom. The topological polar surface area (TPSA) is 239 Å². The van der Waals surface area contributed by atoms with E-state index in [0.717, 1.165) is 137 Å². The van der Waals surface area contributed by atoms with E-state index in [-0.39, 0.29) is 73.0 Å². The van der Waals surface area contributed by atoms with Crippen molar-refractivity contribution < 1.29 is 19.2 Å². The molecule has 0 saturated heterocycles. The zero-order chi connectivity index (χ0) is 60.4. The lowest BCUT2D eigenvalue weighted by Crippen LogP contribution is -2.14. The van der Waals surface area contributed by atoms with Crippen LogP contribution >= 0.6 is 45.3 Å². The van der Waals surface area contributed by atoms with Crippen LogP contribution in [0.1, 0.15) is 117 Å². The molecule has 0 radical (unpaired) electrons. The van der Waals surface area contributed by atoms with Crippen molar-refractivity contribution in [2.45, 2.75) is 101 Å². The molecule has 4 N–H and O–H groups in total. The maximum atomic E-state index is 12.9. The summed E-state index contributed by atoms with van der Waals surface area (Å²) >= 11 is 5.80. The Labute approximate surface area is 522 Å². The van der Waals surface area contributed by atoms with E-state index in [4.69, 9.17) is 0 Å². The number of para-hydroxylation sites is 4. The van der Waals surface area contributed by atoms with Crippen molar-refractivity contribution in [1.82, 2.24) is 59.1 Å². The smallest absolute Gasteiger partial charge is 0.230 e. The second kappa shape index (κ2) is 25.5. The van der Waals surface area contributed by atoms with Crippen molar-refractivity contribution >= 4 is 133 Å². The summed E-state index contributed by atoms with van der Waals surface area (Å²) in [5.41, 5.74) is 8.36. The van der Waals surface area contributed by atoms with E-state index in [1.807, 2.05) is 144 Å². The first-order valence-electron chi connectivity index (χ1n) is 29.5. The Morgan fingerprint density at radius 1 is 0.364 bits per heavy atom. The molecule has 448 valence electrons. The number of rotatable bonds is 16. The number of aryl methyl sites for hydroxylation is 4. The summed E-state index contributed by atoms with van der Waals surface area (Å²) in [4.78, 5) is 51.5. The lowest BCUT2D eigenvalue weighted by atomic mass is 9.82. The minimum absolute atomic E-state index is 0.102. The number of benzene rings is 4. The molecular weight excluding hydrogens is 1190 g/mol. The minimum Gasteiger partial charge on any atom is -0.350 e. The van der Waals surface area contributed by atoms with Crippen LogP contribution in [0.3, 0.4) is 0 Å². The molecule has 0 unspecified atom stereocenters. The molecule has 0 aliphatic heterocycles. The maximum Gasteiger partial charge on any atom is 0.230 e. The standard InChI is InChI=1S/2C32H32N8O2S2/c2*1-39-17-21(23-10-3-5-12-25(23)39)15-27(41)33-31-37-35-29(43-31)19-8-7-9-20(14-19)30-36-38-32(44-30)34-28(42)16-22-18-40(2)26-13-6-4-11-24(22)26/h2*3-6,10-13,17-20H,7-9,14-16H2,1-2H3,(H,33,37,41)(H,34,38,42)/t2*19-,20-/m10/s1. The average Bonchev–Trinajstić information content (AvgIpc) is 4.26. The summed E-state index contributed by atoms with van der Waals surface area (Å²) in [7, 11) is 7.96. The van der Waals surface area contributed by atoms with Crippen LogP contribution in [0.2, 0.25) is 0 Å². The molecule has 12 aromatic rings. The molecule has 4 atom stereocenters. The number of carbonyl (C=O) groups excluding carboxylic acids is 4. The van der Waals surface area contributed by atoms with Crippen molar-refractivity contribution in [2.24, 2.45) is 28.2 Å². The molecule has 20 nitrogen and oxygen atoms in total. The SMILES string of the molecule is Cn1cc(CC(=O)Nc2nnc([C@@H]3CCC[C@@H](c4nnc(NC(=O)Cc5cn(C)c6ccccc56)s4)C3)s2)c2ccccc21.Cn1cc(CC(=O)Nc2nnc([C@H]3CCC[C@H](c4nnc(NC(=O)Cc5cn(C)c6ccccc56)s4)C3)s2)c2ccccc21. The molecule has 24 heteroatoms. The average molecular weight is 1250 g/mol. The predicted molar refractivity (Wildman–Crippen MR) is 349 cm³/mol. The predicted octanol–water partition coefficient (Wildman–Crippen LogP) is 12.4. The van der Waals surface area contributed by atoms with E-state index in [2.05, 4.69) is 86.3 Å². The first kappa shape index (κ1) is 58.2. The zero-order valence-corrected chi connectivity index (χ0v) is 52.2. The minimum atomic E-state index is -0.102. The first-order chi connectivity index (χ1) is 42.8. The molecule has 2 aliphatic carbocycles. The van der Waals surface area contributed by atoms with Gasteiger partial charge in [0.05, 0.1) is 25.7 Å². The number of hydrogen-bond donors (Lipinski definition) is 4. The molecule has 4 aromatic carbocycles. The lowest BCUT2D eigenvalue weighted by molar-refractivity contribution is -0.116. The van der Waals surface area contributed by atoms with Crippen molar-refractivity contribution in [2.75, 3.05) is 21.3 Å². The normalized spacial score (nSPS) is 16.9. The van der Waals surface area contributed by atoms with Gasteiger partial charge in [-0.05, 0) is 85.0 Å². The number of fused-ring (bicyclic) bond motifs is 4. The Balaban J connectivity index is 0.000000162. The van der Waals surface area contributed by atoms with Crippen LogP contribution in [0.4, 0.5) is 20.5 Å². The third kappa shape index (κ3) is 12.8. The Hall–Kier alpha value is -8.84. The summed E-state index contributed by atoms with van der Waals surface area (Å²) in [5.74, 6) is 0.547. The summed E-state index contributed by atoms with van der Waals surface area (Å²) in [6, 6.07) is 32.4. The lowest BCUT2D eigenvalue weighted by Gasteiger charge is -2.25. The molecular formula is C64H64N16O4S4. The Bertz CT molecular complexity index is 3980. The summed E-state index contributed by atoms with van der Waals surface area (Å²) in [5, 5.41) is 56.9. The summed E-state index contributed by atoms with van der Waals surface area (Å²) in [6.45, 7) is 0. The number of carbonyl (C=O) groups is 4. The van der Waals surface area contributed by atoms with Gasteiger partial charge >= 0.3 is 0 Å². The second-order valence-corrected chi connectivity index (χ2v) is 27.0. The van der Waals surface area contributed by atoms with Crippen LogP contribution in [0.15, 0.2) is 122 Å². The summed E-state index contributed by atoms with van der Waals surface area (Å²) < 4.78 is 8.17. The van der Waals surface area contributed by atoms with Crippen LogP contribution in [-0.2, 0) is 73.1 Å². The van der Waals surface area contributed by atoms with E-state index >= 15 is 0 Å². The van der Waals surface area contributed by atoms with Gasteiger partial charge in [-0.2, -0.15) is 0 Å². The van der Waals surface area contributed by atoms with E-state index in [0.29, 0.717) is 20.5 Å². The van der Waals surface area contributed by atoms with Crippen LogP contribution in [0, 0.1) is 0 Å². The van der Waals surface area contributed by atoms with Crippen LogP contribution in [-0.4, -0.2) is 82.7 Å².